The lowest BCUT2D eigenvalue weighted by atomic mass is 9.87. The van der Waals surface area contributed by atoms with E-state index >= 15 is 0 Å². The summed E-state index contributed by atoms with van der Waals surface area (Å²) in [7, 11) is 0. The smallest absolute Gasteiger partial charge is 0.326 e. The van der Waals surface area contributed by atoms with Gasteiger partial charge in [0, 0.05) is 17.6 Å². The van der Waals surface area contributed by atoms with Crippen LogP contribution in [-0.2, 0) is 17.5 Å². The van der Waals surface area contributed by atoms with E-state index in [4.69, 9.17) is 5.73 Å². The molecule has 1 amide bonds. The van der Waals surface area contributed by atoms with Crippen molar-refractivity contribution in [2.45, 2.75) is 45.3 Å². The molecule has 2 rings (SSSR count). The lowest BCUT2D eigenvalue weighted by Crippen LogP contribution is -2.31. The van der Waals surface area contributed by atoms with Gasteiger partial charge in [0.05, 0.1) is 5.56 Å². The van der Waals surface area contributed by atoms with Gasteiger partial charge in [-0.05, 0) is 30.5 Å². The number of rotatable bonds is 3. The second-order valence-corrected chi connectivity index (χ2v) is 5.80. The fraction of sp³-hybridized carbons (Fsp3) is 0.533. The van der Waals surface area contributed by atoms with E-state index in [0.717, 1.165) is 31.7 Å². The van der Waals surface area contributed by atoms with Crippen LogP contribution in [0.1, 0.15) is 43.7 Å². The standard InChI is InChI=1S/C15H19F3N2O/c1-14(6-2-3-7-14)13(21)20-11-5-4-10(9-19)12(8-11)15(16,17)18/h4-5,8H,2-3,6-7,9,19H2,1H3,(H,20,21). The van der Waals surface area contributed by atoms with Crippen molar-refractivity contribution < 1.29 is 18.0 Å². The van der Waals surface area contributed by atoms with Crippen molar-refractivity contribution in [3.63, 3.8) is 0 Å². The zero-order chi connectivity index (χ0) is 15.7. The van der Waals surface area contributed by atoms with Gasteiger partial charge < -0.3 is 11.1 Å². The van der Waals surface area contributed by atoms with E-state index in [2.05, 4.69) is 5.32 Å². The highest BCUT2D eigenvalue weighted by molar-refractivity contribution is 5.95. The molecule has 3 N–H and O–H groups in total. The topological polar surface area (TPSA) is 55.1 Å². The molecular formula is C15H19F3N2O. The van der Waals surface area contributed by atoms with E-state index in [9.17, 15) is 18.0 Å². The number of alkyl halides is 3. The van der Waals surface area contributed by atoms with Crippen LogP contribution < -0.4 is 11.1 Å². The lowest BCUT2D eigenvalue weighted by molar-refractivity contribution is -0.138. The van der Waals surface area contributed by atoms with Crippen molar-refractivity contribution in [3.8, 4) is 0 Å². The molecule has 0 aromatic heterocycles. The maximum atomic E-state index is 13.0. The van der Waals surface area contributed by atoms with Gasteiger partial charge in [-0.1, -0.05) is 25.8 Å². The number of anilines is 1. The Morgan fingerprint density at radius 1 is 1.33 bits per heavy atom. The van der Waals surface area contributed by atoms with Gasteiger partial charge in [0.1, 0.15) is 0 Å². The normalized spacial score (nSPS) is 17.8. The number of benzene rings is 1. The Kier molecular flexibility index (Phi) is 4.27. The Morgan fingerprint density at radius 2 is 1.95 bits per heavy atom. The maximum absolute atomic E-state index is 13.0. The highest BCUT2D eigenvalue weighted by Gasteiger charge is 2.37. The van der Waals surface area contributed by atoms with Gasteiger partial charge in [-0.3, -0.25) is 4.79 Å². The number of hydrogen-bond donors (Lipinski definition) is 2. The summed E-state index contributed by atoms with van der Waals surface area (Å²) in [6.45, 7) is 1.66. The third-order valence-electron chi connectivity index (χ3n) is 4.15. The first kappa shape index (κ1) is 15.8. The fourth-order valence-electron chi connectivity index (χ4n) is 2.76. The van der Waals surface area contributed by atoms with Gasteiger partial charge in [0.2, 0.25) is 5.91 Å². The van der Waals surface area contributed by atoms with Crippen LogP contribution >= 0.6 is 0 Å². The molecular weight excluding hydrogens is 281 g/mol. The van der Waals surface area contributed by atoms with Gasteiger partial charge in [0.25, 0.3) is 0 Å². The molecule has 1 aromatic carbocycles. The zero-order valence-corrected chi connectivity index (χ0v) is 11.9. The molecule has 6 heteroatoms. The molecule has 1 aromatic rings. The summed E-state index contributed by atoms with van der Waals surface area (Å²) >= 11 is 0. The van der Waals surface area contributed by atoms with E-state index in [0.29, 0.717) is 0 Å². The minimum Gasteiger partial charge on any atom is -0.326 e. The molecule has 21 heavy (non-hydrogen) atoms. The van der Waals surface area contributed by atoms with Crippen molar-refractivity contribution in [2.24, 2.45) is 11.1 Å². The largest absolute Gasteiger partial charge is 0.416 e. The van der Waals surface area contributed by atoms with Crippen LogP contribution in [0.2, 0.25) is 0 Å². The van der Waals surface area contributed by atoms with Crippen LogP contribution in [0, 0.1) is 5.41 Å². The Labute approximate surface area is 121 Å². The van der Waals surface area contributed by atoms with E-state index in [1.807, 2.05) is 6.92 Å². The predicted molar refractivity (Wildman–Crippen MR) is 74.5 cm³/mol. The van der Waals surface area contributed by atoms with Crippen LogP contribution in [0.5, 0.6) is 0 Å². The van der Waals surface area contributed by atoms with Gasteiger partial charge in [0.15, 0.2) is 0 Å². The fourth-order valence-corrected chi connectivity index (χ4v) is 2.76. The molecule has 1 saturated carbocycles. The maximum Gasteiger partial charge on any atom is 0.416 e. The van der Waals surface area contributed by atoms with Gasteiger partial charge >= 0.3 is 6.18 Å². The van der Waals surface area contributed by atoms with Crippen LogP contribution in [0.15, 0.2) is 18.2 Å². The molecule has 0 aliphatic heterocycles. The average Bonchev–Trinajstić information content (AvgIpc) is 2.86. The van der Waals surface area contributed by atoms with Gasteiger partial charge in [-0.2, -0.15) is 13.2 Å². The summed E-state index contributed by atoms with van der Waals surface area (Å²) in [6.07, 6.45) is -0.988. The Morgan fingerprint density at radius 3 is 2.48 bits per heavy atom. The van der Waals surface area contributed by atoms with Crippen molar-refractivity contribution in [2.75, 3.05) is 5.32 Å². The third kappa shape index (κ3) is 3.37. The van der Waals surface area contributed by atoms with Crippen LogP contribution in [-0.4, -0.2) is 5.91 Å². The van der Waals surface area contributed by atoms with Gasteiger partial charge in [-0.25, -0.2) is 0 Å². The molecule has 0 bridgehead atoms. The Hall–Kier alpha value is -1.56. The number of carbonyl (C=O) groups is 1. The van der Waals surface area contributed by atoms with Crippen LogP contribution in [0.3, 0.4) is 0 Å². The number of hydrogen-bond acceptors (Lipinski definition) is 2. The molecule has 0 unspecified atom stereocenters. The minimum absolute atomic E-state index is 0.0209. The van der Waals surface area contributed by atoms with Crippen LogP contribution in [0.4, 0.5) is 18.9 Å². The van der Waals surface area contributed by atoms with E-state index in [1.165, 1.54) is 12.1 Å². The average molecular weight is 300 g/mol. The number of nitrogens with two attached hydrogens (primary N) is 1. The van der Waals surface area contributed by atoms with Gasteiger partial charge in [-0.15, -0.1) is 0 Å². The van der Waals surface area contributed by atoms with Crippen molar-refractivity contribution in [1.82, 2.24) is 0 Å². The van der Waals surface area contributed by atoms with Crippen molar-refractivity contribution in [1.29, 1.82) is 0 Å². The monoisotopic (exact) mass is 300 g/mol. The van der Waals surface area contributed by atoms with Crippen molar-refractivity contribution >= 4 is 11.6 Å². The second kappa shape index (κ2) is 5.67. The summed E-state index contributed by atoms with van der Waals surface area (Å²) in [4.78, 5) is 12.2. The zero-order valence-electron chi connectivity index (χ0n) is 11.9. The highest BCUT2D eigenvalue weighted by Crippen LogP contribution is 2.39. The Balaban J connectivity index is 2.23. The number of amides is 1. The molecule has 1 aliphatic rings. The molecule has 1 aliphatic carbocycles. The molecule has 3 nitrogen and oxygen atoms in total. The van der Waals surface area contributed by atoms with Crippen molar-refractivity contribution in [3.05, 3.63) is 29.3 Å². The SMILES string of the molecule is CC1(C(=O)Nc2ccc(CN)c(C(F)(F)F)c2)CCCC1. The molecule has 0 saturated heterocycles. The number of carbonyl (C=O) groups excluding carboxylic acids is 1. The second-order valence-electron chi connectivity index (χ2n) is 5.80. The summed E-state index contributed by atoms with van der Waals surface area (Å²) < 4.78 is 38.9. The van der Waals surface area contributed by atoms with Crippen LogP contribution in [0.25, 0.3) is 0 Å². The molecule has 116 valence electrons. The number of nitrogens with one attached hydrogen (secondary N) is 1. The summed E-state index contributed by atoms with van der Waals surface area (Å²) in [5.41, 5.74) is 4.24. The molecule has 0 spiro atoms. The lowest BCUT2D eigenvalue weighted by Gasteiger charge is -2.23. The summed E-state index contributed by atoms with van der Waals surface area (Å²) in [5, 5.41) is 2.61. The number of halogens is 3. The minimum atomic E-state index is -4.48. The summed E-state index contributed by atoms with van der Waals surface area (Å²) in [6, 6.07) is 3.74. The summed E-state index contributed by atoms with van der Waals surface area (Å²) in [5.74, 6) is -0.214. The first-order valence-electron chi connectivity index (χ1n) is 6.98. The molecule has 1 fully saturated rings. The molecule has 0 heterocycles. The predicted octanol–water partition coefficient (Wildman–Crippen LogP) is 3.68. The Bertz CT molecular complexity index is 534. The molecule has 0 radical (unpaired) electrons. The first-order valence-corrected chi connectivity index (χ1v) is 6.98. The molecule has 0 atom stereocenters. The van der Waals surface area contributed by atoms with E-state index in [-0.39, 0.29) is 23.7 Å². The third-order valence-corrected chi connectivity index (χ3v) is 4.15. The first-order chi connectivity index (χ1) is 9.76. The highest BCUT2D eigenvalue weighted by atomic mass is 19.4. The van der Waals surface area contributed by atoms with E-state index in [1.54, 1.807) is 0 Å². The quantitative estimate of drug-likeness (QED) is 0.894. The van der Waals surface area contributed by atoms with E-state index < -0.39 is 17.2 Å².